The number of carbonyl (C=O) groups is 1. The molecule has 0 bridgehead atoms. The molecule has 88 valence electrons. The summed E-state index contributed by atoms with van der Waals surface area (Å²) in [6.45, 7) is 2.78. The van der Waals surface area contributed by atoms with Crippen molar-refractivity contribution in [2.75, 3.05) is 5.32 Å². The van der Waals surface area contributed by atoms with E-state index in [1.54, 1.807) is 0 Å². The molecule has 7 heteroatoms. The Kier molecular flexibility index (Phi) is 3.47. The molecule has 0 aromatic heterocycles. The van der Waals surface area contributed by atoms with Crippen LogP contribution in [0.2, 0.25) is 0 Å². The molecule has 1 rings (SSSR count). The van der Waals surface area contributed by atoms with E-state index in [2.05, 4.69) is 5.32 Å². The Balaban J connectivity index is 3.33. The van der Waals surface area contributed by atoms with Crippen molar-refractivity contribution in [1.29, 1.82) is 0 Å². The number of rotatable bonds is 2. The summed E-state index contributed by atoms with van der Waals surface area (Å²) < 4.78 is 28.8. The van der Waals surface area contributed by atoms with Gasteiger partial charge in [0.2, 0.25) is 0 Å². The summed E-state index contributed by atoms with van der Waals surface area (Å²) in [5, 5.41) is 11.9. The molecule has 0 atom stereocenters. The molecule has 16 heavy (non-hydrogen) atoms. The van der Waals surface area contributed by atoms with Crippen LogP contribution >= 0.6 is 0 Å². The number of hydrogen-bond donors (Lipinski definition) is 4. The van der Waals surface area contributed by atoms with Gasteiger partial charge >= 0.3 is 94.6 Å². The Labute approximate surface area is 94.9 Å². The summed E-state index contributed by atoms with van der Waals surface area (Å²) in [4.78, 5) is 10.8. The van der Waals surface area contributed by atoms with Crippen LogP contribution in [0.3, 0.4) is 0 Å². The molecule has 0 unspecified atom stereocenters. The number of nitrogens with one attached hydrogen (secondary N) is 1. The molecular weight excluding hydrogens is 277 g/mol. The Morgan fingerprint density at radius 1 is 1.38 bits per heavy atom. The van der Waals surface area contributed by atoms with E-state index in [0.29, 0.717) is 5.56 Å². The van der Waals surface area contributed by atoms with E-state index in [1.807, 2.05) is 0 Å². The third-order valence-corrected chi connectivity index (χ3v) is 3.95. The van der Waals surface area contributed by atoms with Gasteiger partial charge in [0.25, 0.3) is 0 Å². The van der Waals surface area contributed by atoms with Gasteiger partial charge in [-0.3, -0.25) is 0 Å². The molecule has 0 fully saturated rings. The summed E-state index contributed by atoms with van der Waals surface area (Å²) in [6, 6.07) is 2.52. The van der Waals surface area contributed by atoms with Crippen LogP contribution in [0.25, 0.3) is 0 Å². The summed E-state index contributed by atoms with van der Waals surface area (Å²) in [6.07, 6.45) is 0. The molecule has 0 saturated carbocycles. The zero-order valence-corrected chi connectivity index (χ0v) is 10.6. The Morgan fingerprint density at radius 2 is 1.94 bits per heavy atom. The maximum absolute atomic E-state index is 11.1. The number of carbonyl (C=O) groups excluding carboxylic acids is 1. The fourth-order valence-corrected chi connectivity index (χ4v) is 2.85. The van der Waals surface area contributed by atoms with Crippen LogP contribution < -0.4 is 9.67 Å². The topological polar surface area (TPSA) is 107 Å². The fourth-order valence-electron chi connectivity index (χ4n) is 1.26. The van der Waals surface area contributed by atoms with Crippen LogP contribution in [0, 0.1) is 6.92 Å². The first-order valence-electron chi connectivity index (χ1n) is 4.39. The first-order chi connectivity index (χ1) is 7.21. The van der Waals surface area contributed by atoms with Crippen molar-refractivity contribution in [3.63, 3.8) is 0 Å². The molecule has 1 amide bonds. The van der Waals surface area contributed by atoms with Crippen molar-refractivity contribution in [1.82, 2.24) is 0 Å². The van der Waals surface area contributed by atoms with Gasteiger partial charge in [0, 0.05) is 0 Å². The summed E-state index contributed by atoms with van der Waals surface area (Å²) in [5.41, 5.74) is 0.550. The molecule has 0 radical (unpaired) electrons. The first-order valence-corrected chi connectivity index (χ1v) is 7.77. The molecule has 0 heterocycles. The third-order valence-electron chi connectivity index (χ3n) is 1.91. The normalized spacial score (nSPS) is 11.2. The predicted octanol–water partition coefficient (Wildman–Crippen LogP) is -0.780. The molecule has 4 N–H and O–H groups in total. The number of phenolic OH excluding ortho intramolecular Hbond substituents is 1. The Morgan fingerprint density at radius 3 is 2.38 bits per heavy atom. The van der Waals surface area contributed by atoms with Crippen LogP contribution in [-0.2, 0) is 8.53 Å². The number of hydrogen-bond acceptors (Lipinski definition) is 3. The van der Waals surface area contributed by atoms with Crippen molar-refractivity contribution in [2.45, 2.75) is 13.8 Å². The zero-order valence-electron chi connectivity index (χ0n) is 8.76. The second-order valence-corrected chi connectivity index (χ2v) is 6.68. The van der Waals surface area contributed by atoms with Crippen molar-refractivity contribution >= 4 is 30.1 Å². The van der Waals surface area contributed by atoms with Crippen LogP contribution in [0.4, 0.5) is 5.69 Å². The van der Waals surface area contributed by atoms with E-state index in [4.69, 9.17) is 8.19 Å². The van der Waals surface area contributed by atoms with Gasteiger partial charge in [-0.15, -0.1) is 0 Å². The van der Waals surface area contributed by atoms with E-state index in [-0.39, 0.29) is 11.6 Å². The summed E-state index contributed by atoms with van der Waals surface area (Å²) in [7, 11) is 0. The van der Waals surface area contributed by atoms with E-state index in [0.717, 1.165) is 6.07 Å². The van der Waals surface area contributed by atoms with Gasteiger partial charge in [0.1, 0.15) is 0 Å². The number of aryl methyl sites for hydroxylation is 1. The van der Waals surface area contributed by atoms with Gasteiger partial charge in [0.05, 0.1) is 0 Å². The number of aromatic hydroxyl groups is 1. The minimum absolute atomic E-state index is 0.252. The van der Waals surface area contributed by atoms with Crippen LogP contribution in [0.1, 0.15) is 12.5 Å². The number of benzene rings is 1. The van der Waals surface area contributed by atoms with Gasteiger partial charge in [-0.1, -0.05) is 0 Å². The van der Waals surface area contributed by atoms with Crippen molar-refractivity contribution in [3.05, 3.63) is 17.7 Å². The van der Waals surface area contributed by atoms with Gasteiger partial charge in [0.15, 0.2) is 0 Å². The van der Waals surface area contributed by atoms with Gasteiger partial charge < -0.3 is 0 Å². The minimum atomic E-state index is -5.19. The molecule has 0 saturated heterocycles. The van der Waals surface area contributed by atoms with E-state index in [1.165, 1.54) is 19.9 Å². The molecule has 0 aliphatic rings. The maximum atomic E-state index is 11.1. The summed E-state index contributed by atoms with van der Waals surface area (Å²) >= 11 is -5.19. The second-order valence-electron chi connectivity index (χ2n) is 3.39. The molecule has 1 aromatic carbocycles. The second kappa shape index (κ2) is 4.33. The van der Waals surface area contributed by atoms with Gasteiger partial charge in [-0.25, -0.2) is 0 Å². The predicted molar refractivity (Wildman–Crippen MR) is 57.7 cm³/mol. The van der Waals surface area contributed by atoms with Crippen molar-refractivity contribution in [3.8, 4) is 5.75 Å². The van der Waals surface area contributed by atoms with Gasteiger partial charge in [-0.2, -0.15) is 0 Å². The molecular formula is C9H12AsNO5. The fraction of sp³-hybridized carbons (Fsp3) is 0.222. The van der Waals surface area contributed by atoms with E-state index in [9.17, 15) is 13.6 Å². The quantitative estimate of drug-likeness (QED) is 0.422. The first kappa shape index (κ1) is 12.8. The van der Waals surface area contributed by atoms with Crippen molar-refractivity contribution in [2.24, 2.45) is 0 Å². The number of anilines is 1. The van der Waals surface area contributed by atoms with Crippen LogP contribution in [0.5, 0.6) is 5.75 Å². The Hall–Kier alpha value is -1.23. The SMILES string of the molecule is CC(=O)Nc1cc(C)c(O)c([As](=O)(O)O)c1. The summed E-state index contributed by atoms with van der Waals surface area (Å²) in [5.74, 6) is -0.782. The Bertz CT molecular complexity index is 479. The van der Waals surface area contributed by atoms with Crippen LogP contribution in [-0.4, -0.2) is 33.4 Å². The standard InChI is InChI=1S/C9H12AsNO5/c1-5-3-7(11-6(2)12)4-8(9(5)13)10(14,15)16/h3-4,13H,1-2H3,(H,11,12)(H2,14,15,16). The zero-order chi connectivity index (χ0) is 12.5. The molecule has 0 spiro atoms. The monoisotopic (exact) mass is 289 g/mol. The van der Waals surface area contributed by atoms with E-state index < -0.39 is 24.3 Å². The van der Waals surface area contributed by atoms with Crippen LogP contribution in [0.15, 0.2) is 12.1 Å². The molecule has 1 aromatic rings. The molecule has 0 aliphatic carbocycles. The molecule has 6 nitrogen and oxygen atoms in total. The third kappa shape index (κ3) is 2.88. The average Bonchev–Trinajstić information content (AvgIpc) is 2.08. The number of amides is 1. The van der Waals surface area contributed by atoms with Gasteiger partial charge in [-0.05, 0) is 0 Å². The number of phenols is 1. The van der Waals surface area contributed by atoms with E-state index >= 15 is 0 Å². The van der Waals surface area contributed by atoms with Crippen molar-refractivity contribution < 1.29 is 21.8 Å². The molecule has 0 aliphatic heterocycles. The average molecular weight is 289 g/mol.